The minimum Gasteiger partial charge on any atom is -0.445 e. The zero-order chi connectivity index (χ0) is 16.5. The molecule has 6 heteroatoms. The summed E-state index contributed by atoms with van der Waals surface area (Å²) in [5, 5.41) is 3.37. The summed E-state index contributed by atoms with van der Waals surface area (Å²) >= 11 is 11.9. The van der Waals surface area contributed by atoms with Crippen LogP contribution in [0.2, 0.25) is 10.2 Å². The summed E-state index contributed by atoms with van der Waals surface area (Å²) in [7, 11) is 0. The van der Waals surface area contributed by atoms with E-state index in [-0.39, 0.29) is 11.8 Å². The highest BCUT2D eigenvalue weighted by Gasteiger charge is 2.02. The summed E-state index contributed by atoms with van der Waals surface area (Å²) in [6.07, 6.45) is 5.54. The molecule has 0 unspecified atom stereocenters. The molecule has 0 bridgehead atoms. The van der Waals surface area contributed by atoms with E-state index in [9.17, 15) is 4.79 Å². The third-order valence-corrected chi connectivity index (χ3v) is 3.75. The smallest absolute Gasteiger partial charge is 0.407 e. The minimum atomic E-state index is -0.438. The first-order chi connectivity index (χ1) is 11.2. The maximum absolute atomic E-state index is 11.5. The van der Waals surface area contributed by atoms with Crippen LogP contribution in [0.5, 0.6) is 0 Å². The molecule has 0 fully saturated rings. The fourth-order valence-corrected chi connectivity index (χ4v) is 2.14. The van der Waals surface area contributed by atoms with E-state index in [1.807, 2.05) is 42.5 Å². The maximum Gasteiger partial charge on any atom is 0.407 e. The molecule has 0 aliphatic heterocycles. The van der Waals surface area contributed by atoms with Crippen molar-refractivity contribution in [2.45, 2.75) is 13.0 Å². The van der Waals surface area contributed by atoms with Crippen LogP contribution in [-0.4, -0.2) is 17.6 Å². The highest BCUT2D eigenvalue weighted by Crippen LogP contribution is 2.24. The van der Waals surface area contributed by atoms with Gasteiger partial charge in [0.2, 0.25) is 0 Å². The van der Waals surface area contributed by atoms with Gasteiger partial charge in [-0.25, -0.2) is 9.78 Å². The Balaban J connectivity index is 1.67. The number of nitrogens with zero attached hydrogens (tertiary/aromatic N) is 1. The Hall–Kier alpha value is -2.04. The molecule has 0 atom stereocenters. The van der Waals surface area contributed by atoms with E-state index >= 15 is 0 Å². The number of hydrogen-bond acceptors (Lipinski definition) is 3. The number of aromatic nitrogens is 1. The lowest BCUT2D eigenvalue weighted by Crippen LogP contribution is -2.24. The Kier molecular flexibility index (Phi) is 6.91. The Morgan fingerprint density at radius 1 is 1.22 bits per heavy atom. The van der Waals surface area contributed by atoms with Crippen LogP contribution in [0.25, 0.3) is 6.08 Å². The summed E-state index contributed by atoms with van der Waals surface area (Å²) in [5.41, 5.74) is 1.74. The predicted octanol–water partition coefficient (Wildman–Crippen LogP) is 4.72. The van der Waals surface area contributed by atoms with E-state index in [4.69, 9.17) is 27.9 Å². The standard InChI is InChI=1S/C17H16Cl2N2O2/c18-15-14(9-11-20-16(15)19)8-4-5-10-21-17(22)23-12-13-6-2-1-3-7-13/h1-4,6-9,11H,5,10,12H2,(H,21,22). The molecule has 0 radical (unpaired) electrons. The lowest BCUT2D eigenvalue weighted by atomic mass is 10.2. The SMILES string of the molecule is O=C(NCCC=Cc1ccnc(Cl)c1Cl)OCc1ccccc1. The van der Waals surface area contributed by atoms with Crippen LogP contribution in [0.1, 0.15) is 17.5 Å². The van der Waals surface area contributed by atoms with Crippen molar-refractivity contribution in [1.82, 2.24) is 10.3 Å². The molecule has 0 saturated heterocycles. The van der Waals surface area contributed by atoms with E-state index in [0.717, 1.165) is 11.1 Å². The minimum absolute atomic E-state index is 0.258. The van der Waals surface area contributed by atoms with E-state index in [0.29, 0.717) is 18.0 Å². The molecule has 2 rings (SSSR count). The van der Waals surface area contributed by atoms with E-state index < -0.39 is 6.09 Å². The second-order valence-electron chi connectivity index (χ2n) is 4.68. The molecular weight excluding hydrogens is 335 g/mol. The fraction of sp³-hybridized carbons (Fsp3) is 0.176. The molecule has 0 aliphatic carbocycles. The molecule has 23 heavy (non-hydrogen) atoms. The van der Waals surface area contributed by atoms with Crippen LogP contribution < -0.4 is 5.32 Å². The van der Waals surface area contributed by atoms with Crippen LogP contribution in [-0.2, 0) is 11.3 Å². The number of hydrogen-bond donors (Lipinski definition) is 1. The molecule has 120 valence electrons. The number of pyridine rings is 1. The number of rotatable bonds is 6. The van der Waals surface area contributed by atoms with Crippen LogP contribution in [0, 0.1) is 0 Å². The van der Waals surface area contributed by atoms with Crippen LogP contribution >= 0.6 is 23.2 Å². The van der Waals surface area contributed by atoms with Gasteiger partial charge in [0.25, 0.3) is 0 Å². The number of carbonyl (C=O) groups excluding carboxylic acids is 1. The number of alkyl carbamates (subject to hydrolysis) is 1. The highest BCUT2D eigenvalue weighted by atomic mass is 35.5. The second-order valence-corrected chi connectivity index (χ2v) is 5.42. The van der Waals surface area contributed by atoms with Gasteiger partial charge in [-0.2, -0.15) is 0 Å². The third-order valence-electron chi connectivity index (χ3n) is 2.97. The van der Waals surface area contributed by atoms with Crippen LogP contribution in [0.3, 0.4) is 0 Å². The molecule has 0 aliphatic rings. The average molecular weight is 351 g/mol. The van der Waals surface area contributed by atoms with Gasteiger partial charge in [0, 0.05) is 12.7 Å². The summed E-state index contributed by atoms with van der Waals surface area (Å²) < 4.78 is 5.11. The van der Waals surface area contributed by atoms with E-state index in [1.54, 1.807) is 12.3 Å². The van der Waals surface area contributed by atoms with Crippen molar-refractivity contribution in [3.05, 3.63) is 70.0 Å². The van der Waals surface area contributed by atoms with Crippen molar-refractivity contribution in [2.75, 3.05) is 6.54 Å². The molecule has 2 aromatic rings. The Morgan fingerprint density at radius 2 is 2.00 bits per heavy atom. The molecule has 1 aromatic carbocycles. The molecule has 1 aromatic heterocycles. The molecule has 4 nitrogen and oxygen atoms in total. The van der Waals surface area contributed by atoms with Gasteiger partial charge >= 0.3 is 6.09 Å². The lowest BCUT2D eigenvalue weighted by Gasteiger charge is -2.06. The van der Waals surface area contributed by atoms with Gasteiger partial charge in [0.1, 0.15) is 11.8 Å². The first-order valence-electron chi connectivity index (χ1n) is 7.08. The second kappa shape index (κ2) is 9.18. The summed E-state index contributed by atoms with van der Waals surface area (Å²) in [6.45, 7) is 0.730. The highest BCUT2D eigenvalue weighted by molar-refractivity contribution is 6.42. The van der Waals surface area contributed by atoms with E-state index in [1.165, 1.54) is 0 Å². The largest absolute Gasteiger partial charge is 0.445 e. The zero-order valence-corrected chi connectivity index (χ0v) is 13.8. The van der Waals surface area contributed by atoms with Crippen LogP contribution in [0.15, 0.2) is 48.7 Å². The molecule has 1 heterocycles. The van der Waals surface area contributed by atoms with Gasteiger partial charge in [-0.1, -0.05) is 65.7 Å². The zero-order valence-electron chi connectivity index (χ0n) is 12.3. The monoisotopic (exact) mass is 350 g/mol. The van der Waals surface area contributed by atoms with Gasteiger partial charge < -0.3 is 10.1 Å². The van der Waals surface area contributed by atoms with Crippen molar-refractivity contribution in [1.29, 1.82) is 0 Å². The molecule has 0 spiro atoms. The van der Waals surface area contributed by atoms with Gasteiger partial charge in [0.15, 0.2) is 0 Å². The van der Waals surface area contributed by atoms with Crippen LogP contribution in [0.4, 0.5) is 4.79 Å². The number of halogens is 2. The topological polar surface area (TPSA) is 51.2 Å². The first-order valence-corrected chi connectivity index (χ1v) is 7.83. The maximum atomic E-state index is 11.5. The molecule has 0 saturated carbocycles. The van der Waals surface area contributed by atoms with Gasteiger partial charge in [-0.3, -0.25) is 0 Å². The molecular formula is C17H16Cl2N2O2. The average Bonchev–Trinajstić information content (AvgIpc) is 2.57. The van der Waals surface area contributed by atoms with Crippen molar-refractivity contribution < 1.29 is 9.53 Å². The first kappa shape index (κ1) is 17.3. The fourth-order valence-electron chi connectivity index (χ4n) is 1.80. The van der Waals surface area contributed by atoms with Crippen molar-refractivity contribution >= 4 is 35.4 Å². The summed E-state index contributed by atoms with van der Waals surface area (Å²) in [6, 6.07) is 11.3. The van der Waals surface area contributed by atoms with E-state index in [2.05, 4.69) is 10.3 Å². The number of carbonyl (C=O) groups is 1. The Labute approximate surface area is 145 Å². The third kappa shape index (κ3) is 5.93. The Bertz CT molecular complexity index is 676. The predicted molar refractivity (Wildman–Crippen MR) is 92.5 cm³/mol. The van der Waals surface area contributed by atoms with Gasteiger partial charge in [-0.15, -0.1) is 0 Å². The van der Waals surface area contributed by atoms with Gasteiger partial charge in [-0.05, 0) is 23.6 Å². The molecule has 1 amide bonds. The van der Waals surface area contributed by atoms with Gasteiger partial charge in [0.05, 0.1) is 5.02 Å². The quantitative estimate of drug-likeness (QED) is 0.605. The normalized spacial score (nSPS) is 10.7. The number of ether oxygens (including phenoxy) is 1. The lowest BCUT2D eigenvalue weighted by molar-refractivity contribution is 0.140. The number of amides is 1. The van der Waals surface area contributed by atoms with Crippen molar-refractivity contribution in [3.8, 4) is 0 Å². The van der Waals surface area contributed by atoms with Crippen molar-refractivity contribution in [2.24, 2.45) is 0 Å². The van der Waals surface area contributed by atoms with Crippen molar-refractivity contribution in [3.63, 3.8) is 0 Å². The Morgan fingerprint density at radius 3 is 2.78 bits per heavy atom. The summed E-state index contributed by atoms with van der Waals surface area (Å²) in [5.74, 6) is 0. The summed E-state index contributed by atoms with van der Waals surface area (Å²) in [4.78, 5) is 15.4. The number of benzene rings is 1. The number of nitrogens with one attached hydrogen (secondary N) is 1. The molecule has 1 N–H and O–H groups in total.